The summed E-state index contributed by atoms with van der Waals surface area (Å²) in [5.74, 6) is 2.22. The van der Waals surface area contributed by atoms with Crippen LogP contribution in [0.25, 0.3) is 0 Å². The maximum Gasteiger partial charge on any atom is 0.252 e. The largest absolute Gasteiger partial charge is 0.275 e. The predicted molar refractivity (Wildman–Crippen MR) is 63.9 cm³/mol. The molecule has 1 heterocycles. The molecule has 5 atom stereocenters. The number of hydrogen-bond donors (Lipinski definition) is 0. The molecule has 3 aliphatic rings. The zero-order valence-electron chi connectivity index (χ0n) is 10.3. The van der Waals surface area contributed by atoms with Crippen molar-refractivity contribution in [1.29, 1.82) is 0 Å². The van der Waals surface area contributed by atoms with Gasteiger partial charge in [-0.1, -0.05) is 13.5 Å². The van der Waals surface area contributed by atoms with E-state index >= 15 is 0 Å². The summed E-state index contributed by atoms with van der Waals surface area (Å²) in [7, 11) is 0. The van der Waals surface area contributed by atoms with Gasteiger partial charge in [-0.3, -0.25) is 14.5 Å². The maximum absolute atomic E-state index is 11.9. The molecule has 2 amide bonds. The van der Waals surface area contributed by atoms with E-state index in [1.165, 1.54) is 23.8 Å². The van der Waals surface area contributed by atoms with Crippen LogP contribution in [0.2, 0.25) is 0 Å². The van der Waals surface area contributed by atoms with E-state index in [0.717, 1.165) is 30.6 Å². The Morgan fingerprint density at radius 2 is 1.94 bits per heavy atom. The Bertz CT molecular complexity index is 390. The molecule has 3 fully saturated rings. The first-order valence-electron chi connectivity index (χ1n) is 6.61. The molecule has 0 aromatic carbocycles. The highest BCUT2D eigenvalue weighted by Crippen LogP contribution is 2.51. The second-order valence-corrected chi connectivity index (χ2v) is 5.99. The van der Waals surface area contributed by atoms with Gasteiger partial charge >= 0.3 is 0 Å². The van der Waals surface area contributed by atoms with Crippen molar-refractivity contribution < 1.29 is 9.59 Å². The molecular weight excluding hydrogens is 214 g/mol. The van der Waals surface area contributed by atoms with Crippen molar-refractivity contribution >= 4 is 11.8 Å². The number of likely N-dealkylation sites (tertiary alicyclic amines) is 1. The average molecular weight is 233 g/mol. The van der Waals surface area contributed by atoms with Gasteiger partial charge in [-0.05, 0) is 49.5 Å². The second kappa shape index (κ2) is 3.69. The Morgan fingerprint density at radius 1 is 1.29 bits per heavy atom. The lowest BCUT2D eigenvalue weighted by atomic mass is 9.67. The summed E-state index contributed by atoms with van der Waals surface area (Å²) < 4.78 is 0. The molecule has 1 aliphatic heterocycles. The number of β-lactam (4-membered cyclic amide) rings is 1. The van der Waals surface area contributed by atoms with Crippen LogP contribution in [0.3, 0.4) is 0 Å². The number of fused-ring (bicyclic) bond motifs is 2. The molecule has 0 radical (unpaired) electrons. The van der Waals surface area contributed by atoms with Crippen molar-refractivity contribution in [3.05, 3.63) is 12.7 Å². The van der Waals surface area contributed by atoms with Crippen LogP contribution >= 0.6 is 0 Å². The average Bonchev–Trinajstić information content (AvgIpc) is 2.67. The minimum Gasteiger partial charge on any atom is -0.275 e. The van der Waals surface area contributed by atoms with E-state index in [1.807, 2.05) is 0 Å². The summed E-state index contributed by atoms with van der Waals surface area (Å²) in [6.07, 6.45) is 5.86. The molecule has 92 valence electrons. The van der Waals surface area contributed by atoms with Crippen LogP contribution < -0.4 is 0 Å². The minimum atomic E-state index is -0.208. The van der Waals surface area contributed by atoms with E-state index in [4.69, 9.17) is 0 Å². The predicted octanol–water partition coefficient (Wildman–Crippen LogP) is 1.98. The molecule has 2 aliphatic carbocycles. The van der Waals surface area contributed by atoms with Gasteiger partial charge in [0.25, 0.3) is 5.91 Å². The Labute approximate surface area is 102 Å². The standard InChI is InChI=1S/C14H19NO2/c1-3-13(16)15-12-7-10-5-8(2)4-9(10)6-11(12)14(15)17/h3,8-12H,1,4-7H2,2H3. The molecule has 0 bridgehead atoms. The highest BCUT2D eigenvalue weighted by molar-refractivity contribution is 6.06. The van der Waals surface area contributed by atoms with Crippen molar-refractivity contribution in [3.8, 4) is 0 Å². The number of nitrogens with zero attached hydrogens (tertiary/aromatic N) is 1. The highest BCUT2D eigenvalue weighted by Gasteiger charge is 2.55. The van der Waals surface area contributed by atoms with Crippen molar-refractivity contribution in [2.24, 2.45) is 23.7 Å². The van der Waals surface area contributed by atoms with Gasteiger partial charge in [0.15, 0.2) is 0 Å². The van der Waals surface area contributed by atoms with Gasteiger partial charge in [0, 0.05) is 0 Å². The summed E-state index contributed by atoms with van der Waals surface area (Å²) in [6.45, 7) is 5.77. The lowest BCUT2D eigenvalue weighted by Crippen LogP contribution is -2.65. The summed E-state index contributed by atoms with van der Waals surface area (Å²) in [5, 5.41) is 0. The molecule has 0 aromatic heterocycles. The normalized spacial score (nSPS) is 43.7. The van der Waals surface area contributed by atoms with Crippen LogP contribution in [0.4, 0.5) is 0 Å². The van der Waals surface area contributed by atoms with Crippen LogP contribution in [0.1, 0.15) is 32.6 Å². The number of imide groups is 1. The van der Waals surface area contributed by atoms with Gasteiger partial charge < -0.3 is 0 Å². The molecule has 0 aromatic rings. The van der Waals surface area contributed by atoms with Gasteiger partial charge in [0.1, 0.15) is 0 Å². The maximum atomic E-state index is 11.9. The molecule has 3 rings (SSSR count). The minimum absolute atomic E-state index is 0.0397. The van der Waals surface area contributed by atoms with Crippen LogP contribution in [-0.2, 0) is 9.59 Å². The third-order valence-electron chi connectivity index (χ3n) is 4.94. The lowest BCUT2D eigenvalue weighted by molar-refractivity contribution is -0.169. The first-order valence-corrected chi connectivity index (χ1v) is 6.61. The molecule has 5 unspecified atom stereocenters. The van der Waals surface area contributed by atoms with E-state index in [1.54, 1.807) is 0 Å². The Hall–Kier alpha value is -1.12. The molecule has 0 N–H and O–H groups in total. The van der Waals surface area contributed by atoms with Gasteiger partial charge in [0.05, 0.1) is 12.0 Å². The van der Waals surface area contributed by atoms with Gasteiger partial charge in [0.2, 0.25) is 5.91 Å². The molecule has 3 nitrogen and oxygen atoms in total. The summed E-state index contributed by atoms with van der Waals surface area (Å²) in [5.41, 5.74) is 0. The number of amides is 2. The quantitative estimate of drug-likeness (QED) is 0.513. The number of carbonyl (C=O) groups excluding carboxylic acids is 2. The van der Waals surface area contributed by atoms with E-state index in [2.05, 4.69) is 13.5 Å². The van der Waals surface area contributed by atoms with Crippen LogP contribution in [-0.4, -0.2) is 22.8 Å². The lowest BCUT2D eigenvalue weighted by Gasteiger charge is -2.51. The fraction of sp³-hybridized carbons (Fsp3) is 0.714. The molecule has 1 saturated heterocycles. The molecule has 17 heavy (non-hydrogen) atoms. The van der Waals surface area contributed by atoms with E-state index in [0.29, 0.717) is 0 Å². The Kier molecular flexibility index (Phi) is 2.39. The molecule has 2 saturated carbocycles. The smallest absolute Gasteiger partial charge is 0.252 e. The molecule has 3 heteroatoms. The van der Waals surface area contributed by atoms with Gasteiger partial charge in [-0.25, -0.2) is 0 Å². The van der Waals surface area contributed by atoms with Crippen molar-refractivity contribution in [1.82, 2.24) is 4.90 Å². The first-order chi connectivity index (χ1) is 8.11. The van der Waals surface area contributed by atoms with Crippen LogP contribution in [0.5, 0.6) is 0 Å². The van der Waals surface area contributed by atoms with E-state index in [9.17, 15) is 9.59 Å². The number of hydrogen-bond acceptors (Lipinski definition) is 2. The fourth-order valence-electron chi connectivity index (χ4n) is 4.23. The van der Waals surface area contributed by atoms with Crippen LogP contribution in [0.15, 0.2) is 12.7 Å². The van der Waals surface area contributed by atoms with Crippen molar-refractivity contribution in [2.45, 2.75) is 38.6 Å². The van der Waals surface area contributed by atoms with Gasteiger partial charge in [-0.2, -0.15) is 0 Å². The number of rotatable bonds is 1. The summed E-state index contributed by atoms with van der Waals surface area (Å²) in [6, 6.07) is 0.180. The van der Waals surface area contributed by atoms with E-state index < -0.39 is 0 Å². The highest BCUT2D eigenvalue weighted by atomic mass is 16.2. The number of carbonyl (C=O) groups is 2. The summed E-state index contributed by atoms with van der Waals surface area (Å²) >= 11 is 0. The van der Waals surface area contributed by atoms with Crippen LogP contribution in [0, 0.1) is 23.7 Å². The van der Waals surface area contributed by atoms with Crippen molar-refractivity contribution in [3.63, 3.8) is 0 Å². The summed E-state index contributed by atoms with van der Waals surface area (Å²) in [4.78, 5) is 25.0. The Balaban J connectivity index is 1.76. The zero-order valence-corrected chi connectivity index (χ0v) is 10.3. The van der Waals surface area contributed by atoms with Crippen molar-refractivity contribution in [2.75, 3.05) is 0 Å². The van der Waals surface area contributed by atoms with E-state index in [-0.39, 0.29) is 23.8 Å². The monoisotopic (exact) mass is 233 g/mol. The zero-order chi connectivity index (χ0) is 12.2. The third-order valence-corrected chi connectivity index (χ3v) is 4.94. The van der Waals surface area contributed by atoms with Gasteiger partial charge in [-0.15, -0.1) is 0 Å². The first kappa shape index (κ1) is 11.0. The Morgan fingerprint density at radius 3 is 2.59 bits per heavy atom. The fourth-order valence-corrected chi connectivity index (χ4v) is 4.23. The molecular formula is C14H19NO2. The third kappa shape index (κ3) is 1.48. The second-order valence-electron chi connectivity index (χ2n) is 5.99. The topological polar surface area (TPSA) is 37.4 Å². The molecule has 0 spiro atoms. The SMILES string of the molecule is C=CC(=O)N1C(=O)C2CC3CC(C)CC3CC21.